The third-order valence-electron chi connectivity index (χ3n) is 4.66. The summed E-state index contributed by atoms with van der Waals surface area (Å²) in [5.41, 5.74) is 0.264. The average Bonchev–Trinajstić information content (AvgIpc) is 2.83. The van der Waals surface area contributed by atoms with Gasteiger partial charge in [0.25, 0.3) is 0 Å². The van der Waals surface area contributed by atoms with Crippen molar-refractivity contribution < 1.29 is 4.74 Å². The third kappa shape index (κ3) is 2.99. The predicted octanol–water partition coefficient (Wildman–Crippen LogP) is 2.96. The maximum absolute atomic E-state index is 6.16. The zero-order valence-electron chi connectivity index (χ0n) is 10.7. The first-order valence-electron chi connectivity index (χ1n) is 7.34. The fourth-order valence-electron chi connectivity index (χ4n) is 3.71. The summed E-state index contributed by atoms with van der Waals surface area (Å²) in [6, 6.07) is 1.51. The van der Waals surface area contributed by atoms with Gasteiger partial charge in [-0.1, -0.05) is 19.3 Å². The molecule has 1 spiro atoms. The second-order valence-electron chi connectivity index (χ2n) is 6.01. The van der Waals surface area contributed by atoms with Crippen LogP contribution in [0.2, 0.25) is 0 Å². The fraction of sp³-hybridized carbons (Fsp3) is 1.00. The van der Waals surface area contributed by atoms with Crippen molar-refractivity contribution in [2.45, 2.75) is 69.1 Å². The van der Waals surface area contributed by atoms with E-state index in [1.807, 2.05) is 0 Å². The van der Waals surface area contributed by atoms with Crippen LogP contribution in [-0.2, 0) is 4.74 Å². The smallest absolute Gasteiger partial charge is 0.0697 e. The van der Waals surface area contributed by atoms with Gasteiger partial charge in [-0.2, -0.15) is 11.8 Å². The van der Waals surface area contributed by atoms with Gasteiger partial charge in [0.15, 0.2) is 0 Å². The van der Waals surface area contributed by atoms with Crippen LogP contribution in [0.5, 0.6) is 0 Å². The van der Waals surface area contributed by atoms with Crippen molar-refractivity contribution in [3.8, 4) is 0 Å². The summed E-state index contributed by atoms with van der Waals surface area (Å²) in [6.45, 7) is 0.984. The van der Waals surface area contributed by atoms with Gasteiger partial charge >= 0.3 is 0 Å². The van der Waals surface area contributed by atoms with Crippen molar-refractivity contribution in [3.63, 3.8) is 0 Å². The molecule has 0 radical (unpaired) electrons. The molecule has 0 aromatic heterocycles. The van der Waals surface area contributed by atoms with Crippen LogP contribution in [0, 0.1) is 0 Å². The number of thioether (sulfide) groups is 1. The van der Waals surface area contributed by atoms with Gasteiger partial charge < -0.3 is 10.1 Å². The minimum absolute atomic E-state index is 0.264. The lowest BCUT2D eigenvalue weighted by molar-refractivity contribution is -0.109. The monoisotopic (exact) mass is 255 g/mol. The molecule has 1 aliphatic carbocycles. The van der Waals surface area contributed by atoms with Crippen molar-refractivity contribution >= 4 is 11.8 Å². The molecule has 0 aromatic rings. The van der Waals surface area contributed by atoms with E-state index in [1.54, 1.807) is 0 Å². The summed E-state index contributed by atoms with van der Waals surface area (Å²) in [5, 5.41) is 3.89. The summed E-state index contributed by atoms with van der Waals surface area (Å²) >= 11 is 2.10. The van der Waals surface area contributed by atoms with Crippen LogP contribution >= 0.6 is 11.8 Å². The molecule has 0 aromatic carbocycles. The van der Waals surface area contributed by atoms with Crippen LogP contribution in [0.15, 0.2) is 0 Å². The van der Waals surface area contributed by atoms with Crippen LogP contribution < -0.4 is 5.32 Å². The predicted molar refractivity (Wildman–Crippen MR) is 73.7 cm³/mol. The Balaban J connectivity index is 1.55. The van der Waals surface area contributed by atoms with Gasteiger partial charge in [0.05, 0.1) is 5.60 Å². The van der Waals surface area contributed by atoms with Gasteiger partial charge in [-0.05, 0) is 37.9 Å². The van der Waals surface area contributed by atoms with Crippen molar-refractivity contribution in [3.05, 3.63) is 0 Å². The Morgan fingerprint density at radius 3 is 2.71 bits per heavy atom. The highest BCUT2D eigenvalue weighted by Crippen LogP contribution is 2.38. The Kier molecular flexibility index (Phi) is 3.98. The number of rotatable bonds is 2. The lowest BCUT2D eigenvalue weighted by atomic mass is 9.78. The van der Waals surface area contributed by atoms with E-state index >= 15 is 0 Å². The first-order chi connectivity index (χ1) is 8.36. The van der Waals surface area contributed by atoms with Crippen molar-refractivity contribution in [2.24, 2.45) is 0 Å². The molecular formula is C14H25NOS. The molecule has 2 nitrogen and oxygen atoms in total. The van der Waals surface area contributed by atoms with Crippen molar-refractivity contribution in [2.75, 3.05) is 18.1 Å². The molecule has 3 fully saturated rings. The van der Waals surface area contributed by atoms with Crippen molar-refractivity contribution in [1.29, 1.82) is 0 Å². The summed E-state index contributed by atoms with van der Waals surface area (Å²) in [4.78, 5) is 0. The highest BCUT2D eigenvalue weighted by atomic mass is 32.2. The summed E-state index contributed by atoms with van der Waals surface area (Å²) in [6.07, 6.45) is 10.7. The molecule has 1 N–H and O–H groups in total. The van der Waals surface area contributed by atoms with Gasteiger partial charge in [0, 0.05) is 24.4 Å². The number of hydrogen-bond donors (Lipinski definition) is 1. The van der Waals surface area contributed by atoms with Gasteiger partial charge in [0.1, 0.15) is 0 Å². The Hall–Kier alpha value is 0.270. The average molecular weight is 255 g/mol. The van der Waals surface area contributed by atoms with E-state index in [0.29, 0.717) is 0 Å². The minimum atomic E-state index is 0.264. The fourth-order valence-corrected chi connectivity index (χ4v) is 4.88. The first-order valence-corrected chi connectivity index (χ1v) is 8.50. The van der Waals surface area contributed by atoms with Crippen LogP contribution in [0.1, 0.15) is 51.4 Å². The molecule has 2 saturated heterocycles. The van der Waals surface area contributed by atoms with E-state index < -0.39 is 0 Å². The Bertz CT molecular complexity index is 241. The number of ether oxygens (including phenoxy) is 1. The minimum Gasteiger partial charge on any atom is -0.375 e. The summed E-state index contributed by atoms with van der Waals surface area (Å²) in [5.74, 6) is 2.68. The topological polar surface area (TPSA) is 21.3 Å². The molecule has 2 heterocycles. The van der Waals surface area contributed by atoms with E-state index in [9.17, 15) is 0 Å². The normalized spacial score (nSPS) is 37.4. The Morgan fingerprint density at radius 2 is 1.94 bits per heavy atom. The van der Waals surface area contributed by atoms with Crippen LogP contribution in [0.25, 0.3) is 0 Å². The summed E-state index contributed by atoms with van der Waals surface area (Å²) in [7, 11) is 0. The van der Waals surface area contributed by atoms with Crippen LogP contribution in [0.4, 0.5) is 0 Å². The van der Waals surface area contributed by atoms with E-state index in [1.165, 1.54) is 62.9 Å². The summed E-state index contributed by atoms with van der Waals surface area (Å²) < 4.78 is 6.16. The molecular weight excluding hydrogens is 230 g/mol. The number of nitrogens with one attached hydrogen (secondary N) is 1. The van der Waals surface area contributed by atoms with Gasteiger partial charge in [-0.3, -0.25) is 0 Å². The van der Waals surface area contributed by atoms with E-state index in [2.05, 4.69) is 17.1 Å². The molecule has 3 heteroatoms. The Morgan fingerprint density at radius 1 is 1.06 bits per heavy atom. The van der Waals surface area contributed by atoms with Gasteiger partial charge in [0.2, 0.25) is 0 Å². The number of hydrogen-bond acceptors (Lipinski definition) is 3. The SMILES string of the molecule is C1CCC2(CC1)CC(NC1CCSC1)CCO2. The molecule has 2 aliphatic heterocycles. The molecule has 17 heavy (non-hydrogen) atoms. The zero-order valence-corrected chi connectivity index (χ0v) is 11.6. The van der Waals surface area contributed by atoms with Crippen LogP contribution in [0.3, 0.4) is 0 Å². The second kappa shape index (κ2) is 5.50. The quantitative estimate of drug-likeness (QED) is 0.819. The molecule has 0 amide bonds. The molecule has 98 valence electrons. The highest BCUT2D eigenvalue weighted by Gasteiger charge is 2.38. The molecule has 3 aliphatic rings. The maximum Gasteiger partial charge on any atom is 0.0697 e. The molecule has 1 saturated carbocycles. The molecule has 2 atom stereocenters. The Labute approximate surface area is 109 Å². The zero-order chi connectivity index (χ0) is 11.6. The van der Waals surface area contributed by atoms with Gasteiger partial charge in [-0.25, -0.2) is 0 Å². The largest absolute Gasteiger partial charge is 0.375 e. The second-order valence-corrected chi connectivity index (χ2v) is 7.16. The molecule has 3 rings (SSSR count). The first kappa shape index (κ1) is 12.3. The standard InChI is InChI=1S/C14H25NOS/c1-2-6-14(7-3-1)10-12(4-8-16-14)15-13-5-9-17-11-13/h12-13,15H,1-11H2. The molecule has 0 bridgehead atoms. The third-order valence-corrected chi connectivity index (χ3v) is 5.82. The van der Waals surface area contributed by atoms with E-state index in [0.717, 1.165) is 18.7 Å². The molecule has 2 unspecified atom stereocenters. The van der Waals surface area contributed by atoms with Crippen LogP contribution in [-0.4, -0.2) is 35.8 Å². The van der Waals surface area contributed by atoms with E-state index in [4.69, 9.17) is 4.74 Å². The lowest BCUT2D eigenvalue weighted by Crippen LogP contribution is -2.50. The highest BCUT2D eigenvalue weighted by molar-refractivity contribution is 7.99. The lowest BCUT2D eigenvalue weighted by Gasteiger charge is -2.44. The maximum atomic E-state index is 6.16. The van der Waals surface area contributed by atoms with Crippen molar-refractivity contribution in [1.82, 2.24) is 5.32 Å². The van der Waals surface area contributed by atoms with E-state index in [-0.39, 0.29) is 5.60 Å². The van der Waals surface area contributed by atoms with Gasteiger partial charge in [-0.15, -0.1) is 0 Å².